The number of aliphatic hydroxyl groups excluding tert-OH is 1. The Balaban J connectivity index is 1.84. The number of carbonyl (C=O) groups is 1. The second-order valence-corrected chi connectivity index (χ2v) is 8.51. The van der Waals surface area contributed by atoms with Crippen LogP contribution in [0.25, 0.3) is 0 Å². The van der Waals surface area contributed by atoms with E-state index in [1.54, 1.807) is 12.0 Å². The zero-order valence-electron chi connectivity index (χ0n) is 15.7. The summed E-state index contributed by atoms with van der Waals surface area (Å²) in [6, 6.07) is 1.89. The quantitative estimate of drug-likeness (QED) is 0.716. The zero-order valence-corrected chi connectivity index (χ0v) is 17.3. The lowest BCUT2D eigenvalue weighted by Crippen LogP contribution is -2.43. The van der Waals surface area contributed by atoms with Crippen LogP contribution < -0.4 is 9.47 Å². The van der Waals surface area contributed by atoms with E-state index in [-0.39, 0.29) is 23.7 Å². The molecule has 6 nitrogen and oxygen atoms in total. The number of aliphatic hydroxyl groups is 1. The SMILES string of the molecule is COc1cc(Br)c2c3c1OC1CC(O)C=CC31CCN(C(=O)OC(C)C)C2. The van der Waals surface area contributed by atoms with E-state index >= 15 is 0 Å². The fourth-order valence-electron chi connectivity index (χ4n) is 4.39. The summed E-state index contributed by atoms with van der Waals surface area (Å²) < 4.78 is 18.2. The lowest BCUT2D eigenvalue weighted by Gasteiger charge is -2.35. The minimum absolute atomic E-state index is 0.169. The second-order valence-electron chi connectivity index (χ2n) is 7.66. The van der Waals surface area contributed by atoms with E-state index in [1.807, 2.05) is 26.0 Å². The third-order valence-corrected chi connectivity index (χ3v) is 6.34. The predicted octanol–water partition coefficient (Wildman–Crippen LogP) is 3.53. The molecule has 27 heavy (non-hydrogen) atoms. The molecule has 0 saturated heterocycles. The van der Waals surface area contributed by atoms with Gasteiger partial charge in [-0.25, -0.2) is 4.79 Å². The van der Waals surface area contributed by atoms with Crippen molar-refractivity contribution in [3.05, 3.63) is 33.8 Å². The normalized spacial score (nSPS) is 28.3. The van der Waals surface area contributed by atoms with Gasteiger partial charge in [-0.3, -0.25) is 0 Å². The third-order valence-electron chi connectivity index (χ3n) is 5.63. The molecule has 1 aromatic carbocycles. The van der Waals surface area contributed by atoms with Crippen LogP contribution >= 0.6 is 15.9 Å². The Morgan fingerprint density at radius 3 is 2.96 bits per heavy atom. The fraction of sp³-hybridized carbons (Fsp3) is 0.550. The number of rotatable bonds is 2. The van der Waals surface area contributed by atoms with Gasteiger partial charge in [0.1, 0.15) is 6.10 Å². The van der Waals surface area contributed by atoms with E-state index in [1.165, 1.54) is 0 Å². The average molecular weight is 438 g/mol. The van der Waals surface area contributed by atoms with Gasteiger partial charge in [0.25, 0.3) is 0 Å². The van der Waals surface area contributed by atoms with Crippen LogP contribution in [0.1, 0.15) is 37.8 Å². The van der Waals surface area contributed by atoms with Gasteiger partial charge in [0.05, 0.1) is 31.3 Å². The molecule has 0 bridgehead atoms. The van der Waals surface area contributed by atoms with Gasteiger partial charge < -0.3 is 24.2 Å². The highest BCUT2D eigenvalue weighted by Crippen LogP contribution is 2.57. The maximum absolute atomic E-state index is 12.6. The summed E-state index contributed by atoms with van der Waals surface area (Å²) in [5.74, 6) is 1.38. The lowest BCUT2D eigenvalue weighted by atomic mass is 9.69. The maximum Gasteiger partial charge on any atom is 0.410 e. The van der Waals surface area contributed by atoms with Crippen LogP contribution in [0, 0.1) is 0 Å². The summed E-state index contributed by atoms with van der Waals surface area (Å²) in [4.78, 5) is 14.3. The van der Waals surface area contributed by atoms with Gasteiger partial charge >= 0.3 is 6.09 Å². The average Bonchev–Trinajstić information content (AvgIpc) is 2.82. The Morgan fingerprint density at radius 2 is 2.26 bits per heavy atom. The molecule has 0 radical (unpaired) electrons. The van der Waals surface area contributed by atoms with Gasteiger partial charge in [-0.1, -0.05) is 28.1 Å². The summed E-state index contributed by atoms with van der Waals surface area (Å²) in [5.41, 5.74) is 1.68. The van der Waals surface area contributed by atoms with E-state index in [9.17, 15) is 9.90 Å². The smallest absolute Gasteiger partial charge is 0.410 e. The molecule has 3 unspecified atom stereocenters. The molecule has 7 heteroatoms. The van der Waals surface area contributed by atoms with Crippen LogP contribution in [-0.2, 0) is 16.7 Å². The first-order chi connectivity index (χ1) is 12.9. The van der Waals surface area contributed by atoms with E-state index in [2.05, 4.69) is 22.0 Å². The van der Waals surface area contributed by atoms with Crippen LogP contribution in [0.4, 0.5) is 4.79 Å². The van der Waals surface area contributed by atoms with E-state index in [0.29, 0.717) is 31.7 Å². The molecule has 1 aromatic rings. The lowest BCUT2D eigenvalue weighted by molar-refractivity contribution is 0.0640. The molecule has 0 saturated carbocycles. The van der Waals surface area contributed by atoms with Gasteiger partial charge in [-0.05, 0) is 31.9 Å². The number of hydrogen-bond acceptors (Lipinski definition) is 5. The Hall–Kier alpha value is -1.73. The van der Waals surface area contributed by atoms with Crippen LogP contribution in [0.5, 0.6) is 11.5 Å². The highest BCUT2D eigenvalue weighted by atomic mass is 79.9. The second kappa shape index (κ2) is 6.71. The van der Waals surface area contributed by atoms with Crippen molar-refractivity contribution in [1.29, 1.82) is 0 Å². The van der Waals surface area contributed by atoms with Crippen LogP contribution in [0.3, 0.4) is 0 Å². The van der Waals surface area contributed by atoms with Crippen LogP contribution in [0.15, 0.2) is 22.7 Å². The number of nitrogens with zero attached hydrogens (tertiary/aromatic N) is 1. The Morgan fingerprint density at radius 1 is 1.48 bits per heavy atom. The first-order valence-electron chi connectivity index (χ1n) is 9.25. The zero-order chi connectivity index (χ0) is 19.3. The molecule has 1 N–H and O–H groups in total. The van der Waals surface area contributed by atoms with Crippen LogP contribution in [-0.4, -0.2) is 48.1 Å². The molecule has 3 atom stereocenters. The van der Waals surface area contributed by atoms with E-state index < -0.39 is 6.10 Å². The minimum atomic E-state index is -0.530. The highest BCUT2D eigenvalue weighted by Gasteiger charge is 2.53. The Kier molecular flexibility index (Phi) is 4.63. The summed E-state index contributed by atoms with van der Waals surface area (Å²) in [6.07, 6.45) is 3.93. The highest BCUT2D eigenvalue weighted by molar-refractivity contribution is 9.10. The van der Waals surface area contributed by atoms with Gasteiger partial charge in [0.15, 0.2) is 11.5 Å². The number of methoxy groups -OCH3 is 1. The number of amides is 1. The number of halogens is 1. The molecule has 3 aliphatic rings. The Bertz CT molecular complexity index is 808. The fourth-order valence-corrected chi connectivity index (χ4v) is 4.92. The molecule has 4 rings (SSSR count). The molecule has 0 fully saturated rings. The predicted molar refractivity (Wildman–Crippen MR) is 103 cm³/mol. The van der Waals surface area contributed by atoms with E-state index in [0.717, 1.165) is 21.3 Å². The monoisotopic (exact) mass is 437 g/mol. The third kappa shape index (κ3) is 2.91. The topological polar surface area (TPSA) is 68.2 Å². The first kappa shape index (κ1) is 18.6. The molecule has 2 heterocycles. The van der Waals surface area contributed by atoms with Gasteiger partial charge in [-0.15, -0.1) is 0 Å². The number of ether oxygens (including phenoxy) is 3. The van der Waals surface area contributed by atoms with Crippen molar-refractivity contribution in [2.75, 3.05) is 13.7 Å². The van der Waals surface area contributed by atoms with Gasteiger partial charge in [-0.2, -0.15) is 0 Å². The largest absolute Gasteiger partial charge is 0.493 e. The molecule has 1 amide bonds. The summed E-state index contributed by atoms with van der Waals surface area (Å²) >= 11 is 3.66. The Labute approximate surface area is 167 Å². The molecule has 146 valence electrons. The molecular weight excluding hydrogens is 414 g/mol. The van der Waals surface area contributed by atoms with Crippen molar-refractivity contribution in [3.63, 3.8) is 0 Å². The summed E-state index contributed by atoms with van der Waals surface area (Å²) in [5, 5.41) is 10.1. The molecule has 0 aromatic heterocycles. The van der Waals surface area contributed by atoms with E-state index in [4.69, 9.17) is 14.2 Å². The molecule has 2 aliphatic heterocycles. The molecule has 1 spiro atoms. The summed E-state index contributed by atoms with van der Waals surface area (Å²) in [6.45, 7) is 4.69. The van der Waals surface area contributed by atoms with Crippen molar-refractivity contribution < 1.29 is 24.1 Å². The minimum Gasteiger partial charge on any atom is -0.493 e. The van der Waals surface area contributed by atoms with Crippen molar-refractivity contribution in [2.24, 2.45) is 0 Å². The molecule has 1 aliphatic carbocycles. The number of benzene rings is 1. The van der Waals surface area contributed by atoms with Crippen molar-refractivity contribution in [1.82, 2.24) is 4.90 Å². The number of carbonyl (C=O) groups excluding carboxylic acids is 1. The van der Waals surface area contributed by atoms with Crippen molar-refractivity contribution in [3.8, 4) is 11.5 Å². The van der Waals surface area contributed by atoms with Gasteiger partial charge in [0, 0.05) is 23.0 Å². The number of hydrogen-bond donors (Lipinski definition) is 1. The van der Waals surface area contributed by atoms with Crippen LogP contribution in [0.2, 0.25) is 0 Å². The van der Waals surface area contributed by atoms with Crippen molar-refractivity contribution >= 4 is 22.0 Å². The standard InChI is InChI=1S/C20H24BrNO5/c1-11(2)26-19(24)22-7-6-20-5-4-12(23)8-16(20)27-18-15(25-3)9-14(21)13(10-22)17(18)20/h4-5,9,11-12,16,23H,6-8,10H2,1-3H3. The van der Waals surface area contributed by atoms with Crippen molar-refractivity contribution in [2.45, 2.75) is 57.0 Å². The first-order valence-corrected chi connectivity index (χ1v) is 10.0. The molecular formula is C20H24BrNO5. The van der Waals surface area contributed by atoms with Gasteiger partial charge in [0.2, 0.25) is 0 Å². The maximum atomic E-state index is 12.6. The summed E-state index contributed by atoms with van der Waals surface area (Å²) in [7, 11) is 1.62.